The first-order chi connectivity index (χ1) is 5.77. The maximum Gasteiger partial charge on any atom is 0.0948 e. The van der Waals surface area contributed by atoms with E-state index in [-0.39, 0.29) is 6.04 Å². The SMILES string of the molecule is C[C@H](N)c1cncn1CC1CC1. The van der Waals surface area contributed by atoms with Crippen LogP contribution in [0.5, 0.6) is 0 Å². The van der Waals surface area contributed by atoms with Gasteiger partial charge in [0.25, 0.3) is 0 Å². The van der Waals surface area contributed by atoms with Crippen LogP contribution >= 0.6 is 0 Å². The molecule has 0 radical (unpaired) electrons. The van der Waals surface area contributed by atoms with Crippen molar-refractivity contribution in [2.24, 2.45) is 11.7 Å². The van der Waals surface area contributed by atoms with Gasteiger partial charge >= 0.3 is 0 Å². The van der Waals surface area contributed by atoms with E-state index in [1.807, 2.05) is 19.4 Å². The molecule has 1 aliphatic rings. The van der Waals surface area contributed by atoms with Gasteiger partial charge in [0.15, 0.2) is 0 Å². The van der Waals surface area contributed by atoms with Gasteiger partial charge in [0, 0.05) is 18.8 Å². The fourth-order valence-corrected chi connectivity index (χ4v) is 1.44. The van der Waals surface area contributed by atoms with Crippen LogP contribution in [0.4, 0.5) is 0 Å². The molecule has 1 fully saturated rings. The molecule has 2 rings (SSSR count). The molecule has 0 saturated heterocycles. The van der Waals surface area contributed by atoms with Gasteiger partial charge in [-0.2, -0.15) is 0 Å². The predicted octanol–water partition coefficient (Wildman–Crippen LogP) is 1.31. The molecule has 3 nitrogen and oxygen atoms in total. The molecule has 66 valence electrons. The number of rotatable bonds is 3. The van der Waals surface area contributed by atoms with E-state index < -0.39 is 0 Å². The van der Waals surface area contributed by atoms with Crippen molar-refractivity contribution < 1.29 is 0 Å². The van der Waals surface area contributed by atoms with Crippen LogP contribution in [-0.4, -0.2) is 9.55 Å². The van der Waals surface area contributed by atoms with Crippen molar-refractivity contribution in [3.05, 3.63) is 18.2 Å². The van der Waals surface area contributed by atoms with E-state index in [9.17, 15) is 0 Å². The van der Waals surface area contributed by atoms with Crippen LogP contribution in [0.1, 0.15) is 31.5 Å². The van der Waals surface area contributed by atoms with Crippen molar-refractivity contribution >= 4 is 0 Å². The number of nitrogens with two attached hydrogens (primary N) is 1. The molecule has 12 heavy (non-hydrogen) atoms. The minimum atomic E-state index is 0.103. The molecule has 0 aliphatic heterocycles. The van der Waals surface area contributed by atoms with Gasteiger partial charge in [0.2, 0.25) is 0 Å². The molecule has 1 saturated carbocycles. The summed E-state index contributed by atoms with van der Waals surface area (Å²) in [6.45, 7) is 3.11. The molecule has 1 aromatic heterocycles. The second-order valence-electron chi connectivity index (χ2n) is 3.70. The Hall–Kier alpha value is -0.830. The maximum atomic E-state index is 5.79. The van der Waals surface area contributed by atoms with Crippen LogP contribution in [-0.2, 0) is 6.54 Å². The fraction of sp³-hybridized carbons (Fsp3) is 0.667. The molecule has 0 aromatic carbocycles. The molecule has 1 atom stereocenters. The highest BCUT2D eigenvalue weighted by Gasteiger charge is 2.22. The van der Waals surface area contributed by atoms with E-state index >= 15 is 0 Å². The third-order valence-electron chi connectivity index (χ3n) is 2.36. The van der Waals surface area contributed by atoms with Gasteiger partial charge in [0.05, 0.1) is 12.0 Å². The van der Waals surface area contributed by atoms with E-state index in [2.05, 4.69) is 9.55 Å². The zero-order valence-electron chi connectivity index (χ0n) is 7.40. The predicted molar refractivity (Wildman–Crippen MR) is 47.6 cm³/mol. The van der Waals surface area contributed by atoms with Gasteiger partial charge in [-0.15, -0.1) is 0 Å². The second-order valence-corrected chi connectivity index (χ2v) is 3.70. The molecule has 1 aromatic rings. The number of aromatic nitrogens is 2. The lowest BCUT2D eigenvalue weighted by Crippen LogP contribution is -2.12. The molecule has 0 amide bonds. The lowest BCUT2D eigenvalue weighted by Gasteiger charge is -2.09. The van der Waals surface area contributed by atoms with Crippen molar-refractivity contribution in [2.45, 2.75) is 32.4 Å². The van der Waals surface area contributed by atoms with Crippen molar-refractivity contribution in [3.63, 3.8) is 0 Å². The summed E-state index contributed by atoms with van der Waals surface area (Å²) in [5, 5.41) is 0. The summed E-state index contributed by atoms with van der Waals surface area (Å²) >= 11 is 0. The summed E-state index contributed by atoms with van der Waals surface area (Å²) in [6, 6.07) is 0.103. The molecular formula is C9H15N3. The molecule has 0 bridgehead atoms. The Morgan fingerprint density at radius 3 is 3.08 bits per heavy atom. The van der Waals surface area contributed by atoms with Crippen molar-refractivity contribution in [1.82, 2.24) is 9.55 Å². The number of hydrogen-bond acceptors (Lipinski definition) is 2. The number of hydrogen-bond donors (Lipinski definition) is 1. The topological polar surface area (TPSA) is 43.8 Å². The van der Waals surface area contributed by atoms with Gasteiger partial charge in [-0.1, -0.05) is 0 Å². The highest BCUT2D eigenvalue weighted by molar-refractivity contribution is 5.03. The van der Waals surface area contributed by atoms with Crippen molar-refractivity contribution in [3.8, 4) is 0 Å². The summed E-state index contributed by atoms with van der Waals surface area (Å²) in [5.74, 6) is 0.886. The zero-order valence-corrected chi connectivity index (χ0v) is 7.40. The number of imidazole rings is 1. The molecule has 0 unspecified atom stereocenters. The van der Waals surface area contributed by atoms with Gasteiger partial charge < -0.3 is 10.3 Å². The molecule has 3 heteroatoms. The lowest BCUT2D eigenvalue weighted by molar-refractivity contribution is 0.579. The fourth-order valence-electron chi connectivity index (χ4n) is 1.44. The van der Waals surface area contributed by atoms with Gasteiger partial charge in [-0.05, 0) is 25.7 Å². The smallest absolute Gasteiger partial charge is 0.0948 e. The van der Waals surface area contributed by atoms with Crippen LogP contribution in [0.3, 0.4) is 0 Å². The van der Waals surface area contributed by atoms with Gasteiger partial charge in [-0.3, -0.25) is 0 Å². The molecule has 1 heterocycles. The van der Waals surface area contributed by atoms with E-state index in [1.165, 1.54) is 12.8 Å². The summed E-state index contributed by atoms with van der Waals surface area (Å²) in [5.41, 5.74) is 6.95. The first kappa shape index (κ1) is 7.80. The zero-order chi connectivity index (χ0) is 8.55. The normalized spacial score (nSPS) is 19.5. The van der Waals surface area contributed by atoms with Crippen molar-refractivity contribution in [1.29, 1.82) is 0 Å². The molecular weight excluding hydrogens is 150 g/mol. The third kappa shape index (κ3) is 1.50. The summed E-state index contributed by atoms with van der Waals surface area (Å²) in [4.78, 5) is 4.11. The van der Waals surface area contributed by atoms with E-state index in [4.69, 9.17) is 5.73 Å². The van der Waals surface area contributed by atoms with Crippen LogP contribution in [0.2, 0.25) is 0 Å². The van der Waals surface area contributed by atoms with Crippen LogP contribution in [0.15, 0.2) is 12.5 Å². The largest absolute Gasteiger partial charge is 0.333 e. The summed E-state index contributed by atoms with van der Waals surface area (Å²) in [6.07, 6.45) is 6.50. The summed E-state index contributed by atoms with van der Waals surface area (Å²) in [7, 11) is 0. The maximum absolute atomic E-state index is 5.79. The highest BCUT2D eigenvalue weighted by Crippen LogP contribution is 2.31. The second kappa shape index (κ2) is 2.90. The first-order valence-electron chi connectivity index (χ1n) is 4.53. The molecule has 2 N–H and O–H groups in total. The monoisotopic (exact) mass is 165 g/mol. The Labute approximate surface area is 72.6 Å². The quantitative estimate of drug-likeness (QED) is 0.734. The highest BCUT2D eigenvalue weighted by atomic mass is 15.1. The Morgan fingerprint density at radius 2 is 2.50 bits per heavy atom. The minimum Gasteiger partial charge on any atom is -0.333 e. The van der Waals surface area contributed by atoms with Crippen LogP contribution in [0, 0.1) is 5.92 Å². The van der Waals surface area contributed by atoms with E-state index in [0.717, 1.165) is 18.2 Å². The van der Waals surface area contributed by atoms with Gasteiger partial charge in [-0.25, -0.2) is 4.98 Å². The lowest BCUT2D eigenvalue weighted by atomic mass is 10.2. The average Bonchev–Trinajstić information content (AvgIpc) is 2.66. The Balaban J connectivity index is 2.11. The third-order valence-corrected chi connectivity index (χ3v) is 2.36. The van der Waals surface area contributed by atoms with E-state index in [1.54, 1.807) is 0 Å². The average molecular weight is 165 g/mol. The standard InChI is InChI=1S/C9H15N3/c1-7(10)9-4-11-6-12(9)5-8-2-3-8/h4,6-8H,2-3,5,10H2,1H3/t7-/m0/s1. The Bertz CT molecular complexity index is 260. The van der Waals surface area contributed by atoms with Crippen molar-refractivity contribution in [2.75, 3.05) is 0 Å². The molecule has 0 spiro atoms. The van der Waals surface area contributed by atoms with Gasteiger partial charge in [0.1, 0.15) is 0 Å². The minimum absolute atomic E-state index is 0.103. The number of nitrogens with zero attached hydrogens (tertiary/aromatic N) is 2. The van der Waals surface area contributed by atoms with Crippen LogP contribution < -0.4 is 5.73 Å². The Morgan fingerprint density at radius 1 is 1.75 bits per heavy atom. The van der Waals surface area contributed by atoms with Crippen LogP contribution in [0.25, 0.3) is 0 Å². The molecule has 1 aliphatic carbocycles. The Kier molecular flexibility index (Phi) is 1.89. The van der Waals surface area contributed by atoms with E-state index in [0.29, 0.717) is 0 Å². The summed E-state index contributed by atoms with van der Waals surface area (Å²) < 4.78 is 2.18. The first-order valence-corrected chi connectivity index (χ1v) is 4.53.